The van der Waals surface area contributed by atoms with E-state index in [1.54, 1.807) is 18.2 Å². The number of halogens is 2. The summed E-state index contributed by atoms with van der Waals surface area (Å²) in [5.74, 6) is 0. The van der Waals surface area contributed by atoms with Crippen molar-refractivity contribution in [1.82, 2.24) is 0 Å². The minimum Gasteiger partial charge on any atom is -0.350 e. The van der Waals surface area contributed by atoms with Crippen molar-refractivity contribution >= 4 is 44.6 Å². The monoisotopic (exact) mass is 340 g/mol. The van der Waals surface area contributed by atoms with Gasteiger partial charge in [-0.1, -0.05) is 33.6 Å². The molecule has 19 heavy (non-hydrogen) atoms. The fourth-order valence-corrected chi connectivity index (χ4v) is 2.12. The SMILES string of the molecule is Cc1ccc(Nc2ccc(Br)cc2[N+](=O)[O-])cc1Cl. The fourth-order valence-electron chi connectivity index (χ4n) is 1.59. The summed E-state index contributed by atoms with van der Waals surface area (Å²) in [7, 11) is 0. The van der Waals surface area contributed by atoms with Crippen LogP contribution in [-0.4, -0.2) is 4.92 Å². The lowest BCUT2D eigenvalue weighted by atomic mass is 10.2. The first-order chi connectivity index (χ1) is 8.97. The normalized spacial score (nSPS) is 10.3. The van der Waals surface area contributed by atoms with E-state index in [0.29, 0.717) is 20.9 Å². The van der Waals surface area contributed by atoms with Crippen LogP contribution in [0.15, 0.2) is 40.9 Å². The van der Waals surface area contributed by atoms with Crippen LogP contribution in [-0.2, 0) is 0 Å². The van der Waals surface area contributed by atoms with Crippen molar-refractivity contribution in [1.29, 1.82) is 0 Å². The number of nitro benzene ring substituents is 1. The van der Waals surface area contributed by atoms with Gasteiger partial charge in [0.05, 0.1) is 4.92 Å². The van der Waals surface area contributed by atoms with Crippen molar-refractivity contribution in [2.75, 3.05) is 5.32 Å². The summed E-state index contributed by atoms with van der Waals surface area (Å²) in [5.41, 5.74) is 2.10. The second kappa shape index (κ2) is 5.59. The second-order valence-electron chi connectivity index (χ2n) is 4.01. The molecule has 0 spiro atoms. The summed E-state index contributed by atoms with van der Waals surface area (Å²) in [6, 6.07) is 10.3. The van der Waals surface area contributed by atoms with E-state index in [1.165, 1.54) is 6.07 Å². The molecule has 2 aromatic carbocycles. The van der Waals surface area contributed by atoms with Crippen molar-refractivity contribution < 1.29 is 4.92 Å². The molecule has 0 heterocycles. The Morgan fingerprint density at radius 2 is 2.00 bits per heavy atom. The molecule has 0 aliphatic rings. The zero-order chi connectivity index (χ0) is 14.0. The van der Waals surface area contributed by atoms with Gasteiger partial charge < -0.3 is 5.32 Å². The summed E-state index contributed by atoms with van der Waals surface area (Å²) in [6.07, 6.45) is 0. The van der Waals surface area contributed by atoms with Crippen molar-refractivity contribution in [2.24, 2.45) is 0 Å². The Kier molecular flexibility index (Phi) is 4.07. The highest BCUT2D eigenvalue weighted by atomic mass is 79.9. The van der Waals surface area contributed by atoms with Gasteiger partial charge in [-0.15, -0.1) is 0 Å². The molecule has 0 unspecified atom stereocenters. The molecule has 0 saturated carbocycles. The van der Waals surface area contributed by atoms with Gasteiger partial charge >= 0.3 is 0 Å². The standard InChI is InChI=1S/C13H10BrClN2O2/c1-8-2-4-10(7-11(8)15)16-12-5-3-9(14)6-13(12)17(18)19/h2-7,16H,1H3. The lowest BCUT2D eigenvalue weighted by Crippen LogP contribution is -1.97. The van der Waals surface area contributed by atoms with Gasteiger partial charge in [-0.3, -0.25) is 10.1 Å². The van der Waals surface area contributed by atoms with Crippen LogP contribution in [0.2, 0.25) is 5.02 Å². The molecular weight excluding hydrogens is 332 g/mol. The van der Waals surface area contributed by atoms with Crippen LogP contribution in [0.1, 0.15) is 5.56 Å². The molecule has 0 aliphatic carbocycles. The van der Waals surface area contributed by atoms with Crippen LogP contribution < -0.4 is 5.32 Å². The zero-order valence-corrected chi connectivity index (χ0v) is 12.3. The van der Waals surface area contributed by atoms with Gasteiger partial charge in [0.15, 0.2) is 0 Å². The van der Waals surface area contributed by atoms with Crippen LogP contribution in [0.3, 0.4) is 0 Å². The first-order valence-electron chi connectivity index (χ1n) is 5.44. The van der Waals surface area contributed by atoms with Gasteiger partial charge in [-0.05, 0) is 36.8 Å². The van der Waals surface area contributed by atoms with E-state index >= 15 is 0 Å². The van der Waals surface area contributed by atoms with Gasteiger partial charge in [0.2, 0.25) is 0 Å². The molecule has 6 heteroatoms. The third kappa shape index (κ3) is 3.24. The number of nitrogens with zero attached hydrogens (tertiary/aromatic N) is 1. The Hall–Kier alpha value is -1.59. The van der Waals surface area contributed by atoms with E-state index in [2.05, 4.69) is 21.2 Å². The van der Waals surface area contributed by atoms with Gasteiger partial charge in [-0.2, -0.15) is 0 Å². The minimum atomic E-state index is -0.428. The van der Waals surface area contributed by atoms with Gasteiger partial charge in [-0.25, -0.2) is 0 Å². The molecular formula is C13H10BrClN2O2. The molecule has 0 aromatic heterocycles. The summed E-state index contributed by atoms with van der Waals surface area (Å²) in [5, 5.41) is 14.6. The lowest BCUT2D eigenvalue weighted by molar-refractivity contribution is -0.384. The Morgan fingerprint density at radius 3 is 2.63 bits per heavy atom. The van der Waals surface area contributed by atoms with E-state index in [1.807, 2.05) is 19.1 Å². The molecule has 2 rings (SSSR count). The average Bonchev–Trinajstić information content (AvgIpc) is 2.36. The van der Waals surface area contributed by atoms with E-state index in [-0.39, 0.29) is 5.69 Å². The lowest BCUT2D eigenvalue weighted by Gasteiger charge is -2.08. The quantitative estimate of drug-likeness (QED) is 0.627. The van der Waals surface area contributed by atoms with E-state index in [9.17, 15) is 10.1 Å². The molecule has 0 fully saturated rings. The second-order valence-corrected chi connectivity index (χ2v) is 5.33. The number of hydrogen-bond acceptors (Lipinski definition) is 3. The Balaban J connectivity index is 2.37. The highest BCUT2D eigenvalue weighted by Gasteiger charge is 2.14. The largest absolute Gasteiger partial charge is 0.350 e. The number of nitro groups is 1. The topological polar surface area (TPSA) is 55.2 Å². The molecule has 0 aliphatic heterocycles. The molecule has 0 amide bonds. The first kappa shape index (κ1) is 13.8. The predicted molar refractivity (Wildman–Crippen MR) is 80.3 cm³/mol. The summed E-state index contributed by atoms with van der Waals surface area (Å²) < 4.78 is 0.659. The number of hydrogen-bond donors (Lipinski definition) is 1. The van der Waals surface area contributed by atoms with Crippen molar-refractivity contribution in [3.8, 4) is 0 Å². The molecule has 2 aromatic rings. The number of aryl methyl sites for hydroxylation is 1. The summed E-state index contributed by atoms with van der Waals surface area (Å²) >= 11 is 9.24. The Labute approximate surface area is 123 Å². The third-order valence-electron chi connectivity index (χ3n) is 2.61. The third-order valence-corrected chi connectivity index (χ3v) is 3.51. The van der Waals surface area contributed by atoms with E-state index < -0.39 is 4.92 Å². The number of benzene rings is 2. The van der Waals surface area contributed by atoms with Crippen LogP contribution >= 0.6 is 27.5 Å². The highest BCUT2D eigenvalue weighted by molar-refractivity contribution is 9.10. The van der Waals surface area contributed by atoms with Crippen LogP contribution in [0, 0.1) is 17.0 Å². The highest BCUT2D eigenvalue weighted by Crippen LogP contribution is 2.31. The van der Waals surface area contributed by atoms with Gasteiger partial charge in [0, 0.05) is 21.2 Å². The minimum absolute atomic E-state index is 0.00562. The molecule has 4 nitrogen and oxygen atoms in total. The van der Waals surface area contributed by atoms with Gasteiger partial charge in [0.1, 0.15) is 5.69 Å². The molecule has 98 valence electrons. The maximum absolute atomic E-state index is 11.0. The Morgan fingerprint density at radius 1 is 1.26 bits per heavy atom. The Bertz CT molecular complexity index is 647. The average molecular weight is 342 g/mol. The van der Waals surface area contributed by atoms with Crippen LogP contribution in [0.4, 0.5) is 17.1 Å². The van der Waals surface area contributed by atoms with E-state index in [4.69, 9.17) is 11.6 Å². The molecule has 0 radical (unpaired) electrons. The smallest absolute Gasteiger partial charge is 0.293 e. The van der Waals surface area contributed by atoms with Crippen molar-refractivity contribution in [3.63, 3.8) is 0 Å². The summed E-state index contributed by atoms with van der Waals surface area (Å²) in [4.78, 5) is 10.6. The number of nitrogens with one attached hydrogen (secondary N) is 1. The molecule has 1 N–H and O–H groups in total. The number of rotatable bonds is 3. The molecule has 0 saturated heterocycles. The maximum atomic E-state index is 11.0. The fraction of sp³-hybridized carbons (Fsp3) is 0.0769. The van der Waals surface area contributed by atoms with Crippen LogP contribution in [0.25, 0.3) is 0 Å². The number of anilines is 2. The van der Waals surface area contributed by atoms with Crippen molar-refractivity contribution in [2.45, 2.75) is 6.92 Å². The maximum Gasteiger partial charge on any atom is 0.293 e. The van der Waals surface area contributed by atoms with Gasteiger partial charge in [0.25, 0.3) is 5.69 Å². The van der Waals surface area contributed by atoms with Crippen molar-refractivity contribution in [3.05, 3.63) is 61.6 Å². The predicted octanol–water partition coefficient (Wildman–Crippen LogP) is 5.06. The first-order valence-corrected chi connectivity index (χ1v) is 6.61. The molecule has 0 bridgehead atoms. The van der Waals surface area contributed by atoms with E-state index in [0.717, 1.165) is 5.56 Å². The zero-order valence-electron chi connectivity index (χ0n) is 9.98. The van der Waals surface area contributed by atoms with Crippen LogP contribution in [0.5, 0.6) is 0 Å². The molecule has 0 atom stereocenters. The summed E-state index contributed by atoms with van der Waals surface area (Å²) in [6.45, 7) is 1.90.